The molecule has 2 aromatic rings. The Balaban J connectivity index is 2.47. The molecular formula is C14H10ClFO2. The normalized spacial score (nSPS) is 10.2. The molecule has 0 radical (unpaired) electrons. The lowest BCUT2D eigenvalue weighted by Crippen LogP contribution is -2.04. The number of ketones is 1. The molecule has 0 fully saturated rings. The molecule has 0 bridgehead atoms. The van der Waals surface area contributed by atoms with Gasteiger partial charge in [0.25, 0.3) is 0 Å². The van der Waals surface area contributed by atoms with Gasteiger partial charge in [0.05, 0.1) is 12.7 Å². The molecule has 0 unspecified atom stereocenters. The Morgan fingerprint density at radius 2 is 1.94 bits per heavy atom. The predicted molar refractivity (Wildman–Crippen MR) is 67.8 cm³/mol. The van der Waals surface area contributed by atoms with Crippen LogP contribution in [0.1, 0.15) is 15.9 Å². The number of carbonyl (C=O) groups excluding carboxylic acids is 1. The molecule has 0 aliphatic rings. The minimum Gasteiger partial charge on any atom is -0.496 e. The maximum Gasteiger partial charge on any atom is 0.196 e. The molecule has 0 aliphatic heterocycles. The molecule has 2 rings (SSSR count). The molecule has 0 saturated heterocycles. The summed E-state index contributed by atoms with van der Waals surface area (Å²) in [5.41, 5.74) is 0.575. The second kappa shape index (κ2) is 5.19. The summed E-state index contributed by atoms with van der Waals surface area (Å²) in [5, 5.41) is 0.188. The van der Waals surface area contributed by atoms with E-state index in [0.717, 1.165) is 12.1 Å². The summed E-state index contributed by atoms with van der Waals surface area (Å²) in [4.78, 5) is 12.2. The Bertz CT molecular complexity index is 576. The Labute approximate surface area is 109 Å². The van der Waals surface area contributed by atoms with Crippen LogP contribution in [0.25, 0.3) is 0 Å². The number of ether oxygens (including phenoxy) is 1. The summed E-state index contributed by atoms with van der Waals surface area (Å²) in [6.07, 6.45) is 0. The highest BCUT2D eigenvalue weighted by Crippen LogP contribution is 2.23. The SMILES string of the molecule is COc1ccccc1C(=O)c1cc(F)cc(Cl)c1. The van der Waals surface area contributed by atoms with Gasteiger partial charge in [-0.3, -0.25) is 4.79 Å². The first-order valence-corrected chi connectivity index (χ1v) is 5.63. The summed E-state index contributed by atoms with van der Waals surface area (Å²) in [5.74, 6) is -0.419. The molecule has 2 aromatic carbocycles. The standard InChI is InChI=1S/C14H10ClFO2/c1-18-13-5-3-2-4-12(13)14(17)9-6-10(15)8-11(16)7-9/h2-8H,1H3. The van der Waals surface area contributed by atoms with Crippen LogP contribution in [0.2, 0.25) is 5.02 Å². The number of carbonyl (C=O) groups is 1. The van der Waals surface area contributed by atoms with Gasteiger partial charge in [-0.15, -0.1) is 0 Å². The van der Waals surface area contributed by atoms with E-state index in [9.17, 15) is 9.18 Å². The molecule has 0 aliphatic carbocycles. The molecule has 2 nitrogen and oxygen atoms in total. The first-order valence-electron chi connectivity index (χ1n) is 5.25. The van der Waals surface area contributed by atoms with Crippen molar-refractivity contribution in [1.29, 1.82) is 0 Å². The Morgan fingerprint density at radius 3 is 2.61 bits per heavy atom. The molecular weight excluding hydrogens is 255 g/mol. The molecule has 0 N–H and O–H groups in total. The van der Waals surface area contributed by atoms with Crippen molar-refractivity contribution in [3.05, 3.63) is 64.4 Å². The van der Waals surface area contributed by atoms with Crippen molar-refractivity contribution in [3.8, 4) is 5.75 Å². The van der Waals surface area contributed by atoms with E-state index in [1.54, 1.807) is 24.3 Å². The zero-order valence-electron chi connectivity index (χ0n) is 9.61. The number of para-hydroxylation sites is 1. The van der Waals surface area contributed by atoms with Gasteiger partial charge in [-0.05, 0) is 30.3 Å². The third-order valence-electron chi connectivity index (χ3n) is 2.48. The van der Waals surface area contributed by atoms with E-state index < -0.39 is 5.82 Å². The van der Waals surface area contributed by atoms with E-state index in [4.69, 9.17) is 16.3 Å². The second-order valence-electron chi connectivity index (χ2n) is 3.69. The largest absolute Gasteiger partial charge is 0.496 e. The van der Waals surface area contributed by atoms with E-state index in [2.05, 4.69) is 0 Å². The number of rotatable bonds is 3. The first-order chi connectivity index (χ1) is 8.61. The average molecular weight is 265 g/mol. The van der Waals surface area contributed by atoms with Gasteiger partial charge in [-0.2, -0.15) is 0 Å². The lowest BCUT2D eigenvalue weighted by molar-refractivity contribution is 0.103. The van der Waals surface area contributed by atoms with Gasteiger partial charge >= 0.3 is 0 Å². The molecule has 0 aromatic heterocycles. The van der Waals surface area contributed by atoms with Gasteiger partial charge < -0.3 is 4.74 Å². The van der Waals surface area contributed by atoms with E-state index in [0.29, 0.717) is 11.3 Å². The summed E-state index contributed by atoms with van der Waals surface area (Å²) < 4.78 is 18.3. The first kappa shape index (κ1) is 12.6. The van der Waals surface area contributed by atoms with Crippen molar-refractivity contribution >= 4 is 17.4 Å². The van der Waals surface area contributed by atoms with Crippen LogP contribution in [0.5, 0.6) is 5.75 Å². The Hall–Kier alpha value is -1.87. The minimum atomic E-state index is -0.541. The third kappa shape index (κ3) is 2.51. The molecule has 0 atom stereocenters. The van der Waals surface area contributed by atoms with E-state index in [-0.39, 0.29) is 16.4 Å². The van der Waals surface area contributed by atoms with E-state index in [1.165, 1.54) is 13.2 Å². The molecule has 0 saturated carbocycles. The van der Waals surface area contributed by atoms with Gasteiger partial charge in [0.15, 0.2) is 5.78 Å². The number of methoxy groups -OCH3 is 1. The molecule has 92 valence electrons. The monoisotopic (exact) mass is 264 g/mol. The maximum atomic E-state index is 13.2. The predicted octanol–water partition coefficient (Wildman–Crippen LogP) is 3.72. The highest BCUT2D eigenvalue weighted by atomic mass is 35.5. The Morgan fingerprint density at radius 1 is 1.22 bits per heavy atom. The molecule has 18 heavy (non-hydrogen) atoms. The van der Waals surface area contributed by atoms with Crippen LogP contribution in [-0.4, -0.2) is 12.9 Å². The van der Waals surface area contributed by atoms with Crippen LogP contribution < -0.4 is 4.74 Å². The van der Waals surface area contributed by atoms with Gasteiger partial charge in [0, 0.05) is 10.6 Å². The van der Waals surface area contributed by atoms with Crippen LogP contribution in [0.15, 0.2) is 42.5 Å². The van der Waals surface area contributed by atoms with Crippen molar-refractivity contribution in [2.75, 3.05) is 7.11 Å². The van der Waals surface area contributed by atoms with Crippen LogP contribution in [0.3, 0.4) is 0 Å². The molecule has 0 amide bonds. The smallest absolute Gasteiger partial charge is 0.196 e. The zero-order valence-corrected chi connectivity index (χ0v) is 10.4. The van der Waals surface area contributed by atoms with Gasteiger partial charge in [-0.1, -0.05) is 23.7 Å². The molecule has 0 heterocycles. The lowest BCUT2D eigenvalue weighted by atomic mass is 10.0. The van der Waals surface area contributed by atoms with Crippen molar-refractivity contribution in [1.82, 2.24) is 0 Å². The fourth-order valence-electron chi connectivity index (χ4n) is 1.67. The van der Waals surface area contributed by atoms with Crippen molar-refractivity contribution in [3.63, 3.8) is 0 Å². The van der Waals surface area contributed by atoms with Crippen molar-refractivity contribution < 1.29 is 13.9 Å². The third-order valence-corrected chi connectivity index (χ3v) is 2.69. The van der Waals surface area contributed by atoms with E-state index >= 15 is 0 Å². The minimum absolute atomic E-state index is 0.188. The van der Waals surface area contributed by atoms with Gasteiger partial charge in [0.2, 0.25) is 0 Å². The Kier molecular flexibility index (Phi) is 3.63. The quantitative estimate of drug-likeness (QED) is 0.790. The lowest BCUT2D eigenvalue weighted by Gasteiger charge is -2.07. The molecule has 4 heteroatoms. The topological polar surface area (TPSA) is 26.3 Å². The highest BCUT2D eigenvalue weighted by Gasteiger charge is 2.15. The zero-order chi connectivity index (χ0) is 13.1. The number of hydrogen-bond acceptors (Lipinski definition) is 2. The fraction of sp³-hybridized carbons (Fsp3) is 0.0714. The fourth-order valence-corrected chi connectivity index (χ4v) is 1.89. The summed E-state index contributed by atoms with van der Waals surface area (Å²) in [6.45, 7) is 0. The second-order valence-corrected chi connectivity index (χ2v) is 4.12. The van der Waals surface area contributed by atoms with E-state index in [1.807, 2.05) is 0 Å². The number of benzene rings is 2. The van der Waals surface area contributed by atoms with Crippen LogP contribution in [-0.2, 0) is 0 Å². The summed E-state index contributed by atoms with van der Waals surface area (Å²) in [6, 6.07) is 10.5. The number of halogens is 2. The van der Waals surface area contributed by atoms with Gasteiger partial charge in [-0.25, -0.2) is 4.39 Å². The highest BCUT2D eigenvalue weighted by molar-refractivity contribution is 6.31. The van der Waals surface area contributed by atoms with Crippen molar-refractivity contribution in [2.45, 2.75) is 0 Å². The number of hydrogen-bond donors (Lipinski definition) is 0. The van der Waals surface area contributed by atoms with Crippen LogP contribution >= 0.6 is 11.6 Å². The summed E-state index contributed by atoms with van der Waals surface area (Å²) >= 11 is 5.73. The van der Waals surface area contributed by atoms with Gasteiger partial charge in [0.1, 0.15) is 11.6 Å². The van der Waals surface area contributed by atoms with Crippen LogP contribution in [0, 0.1) is 5.82 Å². The van der Waals surface area contributed by atoms with Crippen molar-refractivity contribution in [2.24, 2.45) is 0 Å². The van der Waals surface area contributed by atoms with Crippen LogP contribution in [0.4, 0.5) is 4.39 Å². The molecule has 0 spiro atoms. The average Bonchev–Trinajstić information content (AvgIpc) is 2.36. The summed E-state index contributed by atoms with van der Waals surface area (Å²) in [7, 11) is 1.48. The maximum absolute atomic E-state index is 13.2.